The van der Waals surface area contributed by atoms with Gasteiger partial charge in [0.2, 0.25) is 5.95 Å². The molecule has 1 saturated carbocycles. The molecule has 0 bridgehead atoms. The van der Waals surface area contributed by atoms with Gasteiger partial charge in [-0.15, -0.1) is 0 Å². The summed E-state index contributed by atoms with van der Waals surface area (Å²) in [4.78, 5) is 19.3. The lowest BCUT2D eigenvalue weighted by Gasteiger charge is -2.40. The Hall–Kier alpha value is -2.85. The van der Waals surface area contributed by atoms with Gasteiger partial charge < -0.3 is 24.8 Å². The van der Waals surface area contributed by atoms with Crippen LogP contribution in [0.15, 0.2) is 24.5 Å². The summed E-state index contributed by atoms with van der Waals surface area (Å²) in [6.07, 6.45) is 11.2. The molecule has 1 aromatic carbocycles. The second kappa shape index (κ2) is 11.7. The number of imidazole rings is 1. The standard InChI is InChI=1S/C29H39F2N7O/c30-23-15-20(16-24(31)17-23)18-32-27-26-28(38(19-33-26)25-3-1-2-4-25)35-29(34-27)37-11-7-22(8-12-37)21-5-9-36(10-6-21)13-14-39/h15-17,19,21-22,25,39H,1-14,18H2,(H,32,34,35). The Kier molecular flexibility index (Phi) is 7.92. The van der Waals surface area contributed by atoms with Gasteiger partial charge in [-0.3, -0.25) is 0 Å². The van der Waals surface area contributed by atoms with Crippen LogP contribution in [0.25, 0.3) is 11.2 Å². The minimum absolute atomic E-state index is 0.239. The molecule has 10 heteroatoms. The molecule has 0 spiro atoms. The molecular formula is C29H39F2N7O. The summed E-state index contributed by atoms with van der Waals surface area (Å²) < 4.78 is 29.8. The number of anilines is 2. The average Bonchev–Trinajstić information content (AvgIpc) is 3.62. The van der Waals surface area contributed by atoms with Gasteiger partial charge in [-0.05, 0) is 81.1 Å². The van der Waals surface area contributed by atoms with Crippen molar-refractivity contribution >= 4 is 22.9 Å². The van der Waals surface area contributed by atoms with E-state index in [9.17, 15) is 13.9 Å². The zero-order valence-electron chi connectivity index (χ0n) is 22.5. The molecule has 0 radical (unpaired) electrons. The Labute approximate surface area is 228 Å². The fraction of sp³-hybridized carbons (Fsp3) is 0.621. The Morgan fingerprint density at radius 1 is 0.872 bits per heavy atom. The van der Waals surface area contributed by atoms with Gasteiger partial charge in [0.15, 0.2) is 17.0 Å². The second-order valence-corrected chi connectivity index (χ2v) is 11.5. The van der Waals surface area contributed by atoms with E-state index in [1.807, 2.05) is 6.33 Å². The molecule has 2 aliphatic heterocycles. The number of β-amino-alcohol motifs (C(OH)–C–C–N with tert-alkyl or cyclic N) is 1. The van der Waals surface area contributed by atoms with Crippen molar-refractivity contribution < 1.29 is 13.9 Å². The van der Waals surface area contributed by atoms with E-state index in [0.29, 0.717) is 34.8 Å². The third kappa shape index (κ3) is 5.87. The molecule has 2 saturated heterocycles. The van der Waals surface area contributed by atoms with E-state index in [1.165, 1.54) is 37.8 Å². The first-order valence-electron chi connectivity index (χ1n) is 14.6. The van der Waals surface area contributed by atoms with Crippen LogP contribution in [0.3, 0.4) is 0 Å². The largest absolute Gasteiger partial charge is 0.395 e. The Balaban J connectivity index is 1.20. The van der Waals surface area contributed by atoms with Gasteiger partial charge >= 0.3 is 0 Å². The molecule has 3 aliphatic rings. The van der Waals surface area contributed by atoms with Crippen LogP contribution in [0.2, 0.25) is 0 Å². The van der Waals surface area contributed by atoms with Crippen molar-refractivity contribution in [3.63, 3.8) is 0 Å². The van der Waals surface area contributed by atoms with Crippen molar-refractivity contribution in [1.82, 2.24) is 24.4 Å². The van der Waals surface area contributed by atoms with Gasteiger partial charge in [-0.25, -0.2) is 13.8 Å². The maximum Gasteiger partial charge on any atom is 0.229 e. The molecule has 0 amide bonds. The molecule has 2 N–H and O–H groups in total. The van der Waals surface area contributed by atoms with E-state index in [4.69, 9.17) is 9.97 Å². The van der Waals surface area contributed by atoms with Gasteiger partial charge in [-0.2, -0.15) is 9.97 Å². The molecule has 6 rings (SSSR count). The van der Waals surface area contributed by atoms with Crippen LogP contribution in [-0.2, 0) is 6.54 Å². The molecule has 4 heterocycles. The second-order valence-electron chi connectivity index (χ2n) is 11.5. The normalized spacial score (nSPS) is 20.3. The lowest BCUT2D eigenvalue weighted by atomic mass is 9.79. The summed E-state index contributed by atoms with van der Waals surface area (Å²) in [6.45, 7) is 5.27. The first kappa shape index (κ1) is 26.4. The van der Waals surface area contributed by atoms with Gasteiger partial charge in [0.25, 0.3) is 0 Å². The SMILES string of the molecule is OCCN1CCC(C2CCN(c3nc(NCc4cc(F)cc(F)c4)c4ncn(C5CCCC5)c4n3)CC2)CC1. The van der Waals surface area contributed by atoms with Crippen LogP contribution in [0, 0.1) is 23.5 Å². The minimum Gasteiger partial charge on any atom is -0.395 e. The summed E-state index contributed by atoms with van der Waals surface area (Å²) in [5.41, 5.74) is 2.05. The number of benzene rings is 1. The number of rotatable bonds is 8. The van der Waals surface area contributed by atoms with E-state index < -0.39 is 11.6 Å². The van der Waals surface area contributed by atoms with Crippen LogP contribution < -0.4 is 10.2 Å². The first-order chi connectivity index (χ1) is 19.1. The van der Waals surface area contributed by atoms with Gasteiger partial charge in [0.05, 0.1) is 12.9 Å². The zero-order valence-corrected chi connectivity index (χ0v) is 22.5. The number of aliphatic hydroxyl groups is 1. The number of hydrogen-bond acceptors (Lipinski definition) is 7. The molecule has 0 unspecified atom stereocenters. The average molecular weight is 540 g/mol. The number of hydrogen-bond donors (Lipinski definition) is 2. The quantitative estimate of drug-likeness (QED) is 0.427. The third-order valence-corrected chi connectivity index (χ3v) is 9.05. The van der Waals surface area contributed by atoms with E-state index in [2.05, 4.69) is 24.7 Å². The Bertz CT molecular complexity index is 1240. The van der Waals surface area contributed by atoms with Gasteiger partial charge in [0, 0.05) is 38.3 Å². The molecule has 210 valence electrons. The molecular weight excluding hydrogens is 500 g/mol. The fourth-order valence-electron chi connectivity index (χ4n) is 6.88. The number of likely N-dealkylation sites (tertiary alicyclic amines) is 1. The van der Waals surface area contributed by atoms with Crippen LogP contribution in [-0.4, -0.2) is 68.9 Å². The molecule has 1 aliphatic carbocycles. The predicted octanol–water partition coefficient (Wildman–Crippen LogP) is 4.75. The Morgan fingerprint density at radius 3 is 2.21 bits per heavy atom. The smallest absolute Gasteiger partial charge is 0.229 e. The number of piperidine rings is 2. The van der Waals surface area contributed by atoms with Crippen LogP contribution in [0.4, 0.5) is 20.5 Å². The Morgan fingerprint density at radius 2 is 1.54 bits per heavy atom. The fourth-order valence-corrected chi connectivity index (χ4v) is 6.88. The predicted molar refractivity (Wildman–Crippen MR) is 148 cm³/mol. The number of aliphatic hydroxyl groups excluding tert-OH is 1. The van der Waals surface area contributed by atoms with E-state index in [1.54, 1.807) is 0 Å². The number of halogens is 2. The molecule has 3 fully saturated rings. The third-order valence-electron chi connectivity index (χ3n) is 9.05. The first-order valence-corrected chi connectivity index (χ1v) is 14.6. The zero-order chi connectivity index (χ0) is 26.8. The molecule has 0 atom stereocenters. The van der Waals surface area contributed by atoms with Crippen molar-refractivity contribution in [3.8, 4) is 0 Å². The van der Waals surface area contributed by atoms with Crippen molar-refractivity contribution in [2.45, 2.75) is 64.0 Å². The van der Waals surface area contributed by atoms with Crippen molar-refractivity contribution in [2.24, 2.45) is 11.8 Å². The maximum atomic E-state index is 13.8. The highest BCUT2D eigenvalue weighted by Crippen LogP contribution is 2.36. The number of nitrogens with zero attached hydrogens (tertiary/aromatic N) is 6. The molecule has 8 nitrogen and oxygen atoms in total. The lowest BCUT2D eigenvalue weighted by Crippen LogP contribution is -2.42. The minimum atomic E-state index is -0.590. The molecule has 2 aromatic heterocycles. The summed E-state index contributed by atoms with van der Waals surface area (Å²) in [5.74, 6) is 1.59. The van der Waals surface area contributed by atoms with Crippen LogP contribution in [0.5, 0.6) is 0 Å². The highest BCUT2D eigenvalue weighted by atomic mass is 19.1. The van der Waals surface area contributed by atoms with Gasteiger partial charge in [0.1, 0.15) is 11.6 Å². The molecule has 39 heavy (non-hydrogen) atoms. The summed E-state index contributed by atoms with van der Waals surface area (Å²) in [5, 5.41) is 12.5. The molecule has 3 aromatic rings. The monoisotopic (exact) mass is 539 g/mol. The maximum absolute atomic E-state index is 13.8. The van der Waals surface area contributed by atoms with Crippen molar-refractivity contribution in [1.29, 1.82) is 0 Å². The summed E-state index contributed by atoms with van der Waals surface area (Å²) in [7, 11) is 0. The van der Waals surface area contributed by atoms with Gasteiger partial charge in [-0.1, -0.05) is 12.8 Å². The van der Waals surface area contributed by atoms with E-state index >= 15 is 0 Å². The number of nitrogens with one attached hydrogen (secondary N) is 1. The lowest BCUT2D eigenvalue weighted by molar-refractivity contribution is 0.115. The topological polar surface area (TPSA) is 82.3 Å². The van der Waals surface area contributed by atoms with Crippen LogP contribution >= 0.6 is 0 Å². The van der Waals surface area contributed by atoms with E-state index in [0.717, 1.165) is 76.0 Å². The number of fused-ring (bicyclic) bond motifs is 1. The van der Waals surface area contributed by atoms with Crippen molar-refractivity contribution in [2.75, 3.05) is 49.5 Å². The highest BCUT2D eigenvalue weighted by Gasteiger charge is 2.31. The summed E-state index contributed by atoms with van der Waals surface area (Å²) >= 11 is 0. The number of aromatic nitrogens is 4. The van der Waals surface area contributed by atoms with Crippen molar-refractivity contribution in [3.05, 3.63) is 41.7 Å². The summed E-state index contributed by atoms with van der Waals surface area (Å²) in [6, 6.07) is 3.96. The highest BCUT2D eigenvalue weighted by molar-refractivity contribution is 5.84. The van der Waals surface area contributed by atoms with Crippen LogP contribution in [0.1, 0.15) is 63.0 Å². The van der Waals surface area contributed by atoms with E-state index in [-0.39, 0.29) is 13.2 Å².